The first-order chi connectivity index (χ1) is 16.0. The molecule has 8 heteroatoms. The molecule has 1 heterocycles. The van der Waals surface area contributed by atoms with Gasteiger partial charge in [-0.15, -0.1) is 0 Å². The van der Waals surface area contributed by atoms with Crippen LogP contribution < -0.4 is 5.73 Å². The maximum Gasteiger partial charge on any atom is 0.411 e. The Hall–Kier alpha value is -3.39. The van der Waals surface area contributed by atoms with E-state index in [0.29, 0.717) is 0 Å². The van der Waals surface area contributed by atoms with Gasteiger partial charge in [0, 0.05) is 18.9 Å². The molecule has 180 valence electrons. The SMILES string of the molecule is CC(C)(C)OC(=O)N1CCC(N)(C(=O)O)CC1C(=O)OCC1c2ccccc2-c2ccccc21. The number of carbonyl (C=O) groups excluding carboxylic acids is 2. The third kappa shape index (κ3) is 4.50. The number of hydrogen-bond donors (Lipinski definition) is 2. The Labute approximate surface area is 198 Å². The van der Waals surface area contributed by atoms with Crippen molar-refractivity contribution in [2.45, 2.75) is 56.7 Å². The summed E-state index contributed by atoms with van der Waals surface area (Å²) in [6.07, 6.45) is -0.939. The average Bonchev–Trinajstić information content (AvgIpc) is 3.10. The lowest BCUT2D eigenvalue weighted by atomic mass is 9.84. The van der Waals surface area contributed by atoms with Crippen LogP contribution in [0.4, 0.5) is 4.79 Å². The molecule has 2 unspecified atom stereocenters. The van der Waals surface area contributed by atoms with Crippen LogP contribution >= 0.6 is 0 Å². The molecule has 0 aromatic heterocycles. The number of piperidine rings is 1. The lowest BCUT2D eigenvalue weighted by Crippen LogP contribution is -2.62. The Kier molecular flexibility index (Phi) is 6.12. The molecule has 1 fully saturated rings. The number of nitrogens with two attached hydrogens (primary N) is 1. The molecule has 1 aliphatic heterocycles. The Morgan fingerprint density at radius 1 is 1.06 bits per heavy atom. The van der Waals surface area contributed by atoms with Crippen LogP contribution in [0.3, 0.4) is 0 Å². The van der Waals surface area contributed by atoms with E-state index in [-0.39, 0.29) is 31.9 Å². The third-order valence-electron chi connectivity index (χ3n) is 6.41. The molecule has 2 atom stereocenters. The highest BCUT2D eigenvalue weighted by Crippen LogP contribution is 2.44. The number of esters is 1. The first-order valence-corrected chi connectivity index (χ1v) is 11.4. The summed E-state index contributed by atoms with van der Waals surface area (Å²) in [5.74, 6) is -2.06. The van der Waals surface area contributed by atoms with Crippen LogP contribution in [-0.4, -0.2) is 58.4 Å². The van der Waals surface area contributed by atoms with Gasteiger partial charge in [0.2, 0.25) is 0 Å². The Morgan fingerprint density at radius 3 is 2.15 bits per heavy atom. The molecule has 2 aromatic carbocycles. The van der Waals surface area contributed by atoms with Crippen molar-refractivity contribution in [3.8, 4) is 11.1 Å². The van der Waals surface area contributed by atoms with Gasteiger partial charge in [-0.25, -0.2) is 9.59 Å². The minimum absolute atomic E-state index is 0.00866. The highest BCUT2D eigenvalue weighted by atomic mass is 16.6. The maximum atomic E-state index is 13.2. The number of aliphatic carboxylic acids is 1. The molecule has 3 N–H and O–H groups in total. The summed E-state index contributed by atoms with van der Waals surface area (Å²) in [4.78, 5) is 39.1. The highest BCUT2D eigenvalue weighted by Gasteiger charge is 2.48. The van der Waals surface area contributed by atoms with Crippen LogP contribution in [0.2, 0.25) is 0 Å². The molecule has 1 saturated heterocycles. The van der Waals surface area contributed by atoms with Crippen LogP contribution in [-0.2, 0) is 19.1 Å². The van der Waals surface area contributed by atoms with Crippen molar-refractivity contribution in [1.29, 1.82) is 0 Å². The van der Waals surface area contributed by atoms with Crippen LogP contribution in [0.15, 0.2) is 48.5 Å². The molecule has 0 spiro atoms. The van der Waals surface area contributed by atoms with Crippen LogP contribution in [0, 0.1) is 0 Å². The van der Waals surface area contributed by atoms with E-state index in [2.05, 4.69) is 0 Å². The number of carboxylic acids is 1. The van der Waals surface area contributed by atoms with E-state index >= 15 is 0 Å². The molecule has 0 saturated carbocycles. The summed E-state index contributed by atoms with van der Waals surface area (Å²) in [5.41, 5.74) is 7.99. The fourth-order valence-corrected chi connectivity index (χ4v) is 4.68. The number of benzene rings is 2. The van der Waals surface area contributed by atoms with E-state index in [4.69, 9.17) is 15.2 Å². The first kappa shape index (κ1) is 23.8. The molecular weight excluding hydrogens is 436 g/mol. The van der Waals surface area contributed by atoms with Crippen molar-refractivity contribution < 1.29 is 29.0 Å². The lowest BCUT2D eigenvalue weighted by Gasteiger charge is -2.41. The normalized spacial score (nSPS) is 22.0. The van der Waals surface area contributed by atoms with Crippen LogP contribution in [0.1, 0.15) is 50.7 Å². The van der Waals surface area contributed by atoms with Crippen molar-refractivity contribution in [2.24, 2.45) is 5.73 Å². The molecule has 2 aromatic rings. The largest absolute Gasteiger partial charge is 0.480 e. The maximum absolute atomic E-state index is 13.2. The molecule has 4 rings (SSSR count). The van der Waals surface area contributed by atoms with Crippen molar-refractivity contribution in [3.63, 3.8) is 0 Å². The number of hydrogen-bond acceptors (Lipinski definition) is 6. The summed E-state index contributed by atoms with van der Waals surface area (Å²) in [6, 6.07) is 14.8. The molecule has 34 heavy (non-hydrogen) atoms. The quantitative estimate of drug-likeness (QED) is 0.662. The molecule has 8 nitrogen and oxygen atoms in total. The lowest BCUT2D eigenvalue weighted by molar-refractivity contribution is -0.156. The summed E-state index contributed by atoms with van der Waals surface area (Å²) in [6.45, 7) is 5.22. The average molecular weight is 467 g/mol. The van der Waals surface area contributed by atoms with Gasteiger partial charge in [0.25, 0.3) is 0 Å². The molecule has 0 bridgehead atoms. The van der Waals surface area contributed by atoms with Crippen LogP contribution in [0.25, 0.3) is 11.1 Å². The zero-order valence-electron chi connectivity index (χ0n) is 19.6. The smallest absolute Gasteiger partial charge is 0.411 e. The first-order valence-electron chi connectivity index (χ1n) is 11.4. The minimum Gasteiger partial charge on any atom is -0.480 e. The van der Waals surface area contributed by atoms with E-state index in [1.54, 1.807) is 20.8 Å². The predicted octanol–water partition coefficient (Wildman–Crippen LogP) is 3.52. The zero-order chi connectivity index (χ0) is 24.7. The summed E-state index contributed by atoms with van der Waals surface area (Å²) < 4.78 is 11.2. The fourth-order valence-electron chi connectivity index (χ4n) is 4.68. The van der Waals surface area contributed by atoms with E-state index in [1.165, 1.54) is 4.90 Å². The van der Waals surface area contributed by atoms with Gasteiger partial charge in [0.05, 0.1) is 0 Å². The van der Waals surface area contributed by atoms with E-state index in [9.17, 15) is 19.5 Å². The fraction of sp³-hybridized carbons (Fsp3) is 0.423. The number of ether oxygens (including phenoxy) is 2. The van der Waals surface area contributed by atoms with Gasteiger partial charge in [0.1, 0.15) is 23.8 Å². The van der Waals surface area contributed by atoms with E-state index in [0.717, 1.165) is 22.3 Å². The van der Waals surface area contributed by atoms with Crippen LogP contribution in [0.5, 0.6) is 0 Å². The minimum atomic E-state index is -1.63. The summed E-state index contributed by atoms with van der Waals surface area (Å²) in [5, 5.41) is 9.62. The van der Waals surface area contributed by atoms with Crippen molar-refractivity contribution >= 4 is 18.0 Å². The Morgan fingerprint density at radius 2 is 1.62 bits per heavy atom. The summed E-state index contributed by atoms with van der Waals surface area (Å²) >= 11 is 0. The number of amides is 1. The summed E-state index contributed by atoms with van der Waals surface area (Å²) in [7, 11) is 0. The monoisotopic (exact) mass is 466 g/mol. The van der Waals surface area contributed by atoms with Gasteiger partial charge >= 0.3 is 18.0 Å². The number of carbonyl (C=O) groups is 3. The Bertz CT molecular complexity index is 1080. The van der Waals surface area contributed by atoms with Gasteiger partial charge < -0.3 is 20.3 Å². The molecule has 2 aliphatic rings. The number of carboxylic acid groups (broad SMARTS) is 1. The Balaban J connectivity index is 1.56. The van der Waals surface area contributed by atoms with E-state index in [1.807, 2.05) is 48.5 Å². The highest BCUT2D eigenvalue weighted by molar-refractivity contribution is 5.86. The number of nitrogens with zero attached hydrogens (tertiary/aromatic N) is 1. The number of rotatable bonds is 4. The predicted molar refractivity (Wildman–Crippen MR) is 125 cm³/mol. The van der Waals surface area contributed by atoms with Gasteiger partial charge in [-0.1, -0.05) is 48.5 Å². The van der Waals surface area contributed by atoms with Gasteiger partial charge in [0.15, 0.2) is 0 Å². The van der Waals surface area contributed by atoms with E-state index < -0.39 is 35.2 Å². The second-order valence-electron chi connectivity index (χ2n) is 9.96. The topological polar surface area (TPSA) is 119 Å². The van der Waals surface area contributed by atoms with Crippen molar-refractivity contribution in [3.05, 3.63) is 59.7 Å². The standard InChI is InChI=1S/C26H30N2O6/c1-25(2,3)34-24(32)28-13-12-26(27,23(30)31)14-21(28)22(29)33-15-20-18-10-6-4-8-16(18)17-9-5-7-11-19(17)20/h4-11,20-21H,12-15,27H2,1-3H3,(H,30,31). The molecule has 0 radical (unpaired) electrons. The molecular formula is C26H30N2O6. The number of likely N-dealkylation sites (tertiary alicyclic amines) is 1. The number of fused-ring (bicyclic) bond motifs is 3. The third-order valence-corrected chi connectivity index (χ3v) is 6.41. The van der Waals surface area contributed by atoms with Crippen molar-refractivity contribution in [2.75, 3.05) is 13.2 Å². The molecule has 1 amide bonds. The van der Waals surface area contributed by atoms with Gasteiger partial charge in [-0.2, -0.15) is 0 Å². The molecule has 1 aliphatic carbocycles. The zero-order valence-corrected chi connectivity index (χ0v) is 19.6. The van der Waals surface area contributed by atoms with Gasteiger partial charge in [-0.3, -0.25) is 9.69 Å². The van der Waals surface area contributed by atoms with Gasteiger partial charge in [-0.05, 0) is 49.4 Å². The second kappa shape index (κ2) is 8.76. The van der Waals surface area contributed by atoms with Crippen molar-refractivity contribution in [1.82, 2.24) is 4.90 Å². The second-order valence-corrected chi connectivity index (χ2v) is 9.96.